The Labute approximate surface area is 257 Å². The molecular formula is C34H38ClN3O5. The average molecular weight is 604 g/mol. The van der Waals surface area contributed by atoms with E-state index in [0.717, 1.165) is 70.9 Å². The molecule has 0 saturated heterocycles. The number of carbonyl (C=O) groups is 2. The summed E-state index contributed by atoms with van der Waals surface area (Å²) in [6, 6.07) is 18.7. The van der Waals surface area contributed by atoms with E-state index in [9.17, 15) is 19.8 Å². The van der Waals surface area contributed by atoms with Gasteiger partial charge in [0.25, 0.3) is 0 Å². The maximum Gasteiger partial charge on any atom is 0.335 e. The van der Waals surface area contributed by atoms with E-state index in [2.05, 4.69) is 35.5 Å². The summed E-state index contributed by atoms with van der Waals surface area (Å²) in [7, 11) is 0. The molecule has 1 aliphatic heterocycles. The highest BCUT2D eigenvalue weighted by molar-refractivity contribution is 6.07. The standard InChI is InChI=1S/C34H37N3O5.ClH/c1-33(2,17-23-18-35-30-25(7-5-8-26(23)30)21-11-13-22(14-12-21)31(39)40)36-19-24(38)20-42-28-10-6-9-27-29(28)34(32(41)37-27)15-3-4-16-34;/h5-14,18,24,35-36,38H,3-4,15-17,19-20H2,1-2H3,(H,37,41)(H,39,40);1H/t24-;/m0./s1. The van der Waals surface area contributed by atoms with Gasteiger partial charge in [-0.2, -0.15) is 0 Å². The maximum absolute atomic E-state index is 12.8. The number of aromatic amines is 1. The summed E-state index contributed by atoms with van der Waals surface area (Å²) in [4.78, 5) is 27.5. The lowest BCUT2D eigenvalue weighted by molar-refractivity contribution is -0.120. The Kier molecular flexibility index (Phi) is 8.56. The van der Waals surface area contributed by atoms with Crippen LogP contribution in [0.4, 0.5) is 5.69 Å². The molecule has 1 spiro atoms. The Bertz CT molecular complexity index is 1640. The molecule has 3 aromatic carbocycles. The van der Waals surface area contributed by atoms with E-state index in [-0.39, 0.29) is 36.0 Å². The van der Waals surface area contributed by atoms with Crippen molar-refractivity contribution in [2.45, 2.75) is 63.0 Å². The molecule has 1 aromatic heterocycles. The van der Waals surface area contributed by atoms with Gasteiger partial charge in [-0.25, -0.2) is 4.79 Å². The first-order valence-electron chi connectivity index (χ1n) is 14.6. The van der Waals surface area contributed by atoms with Crippen molar-refractivity contribution in [2.24, 2.45) is 0 Å². The number of carboxylic acids is 1. The first-order valence-corrected chi connectivity index (χ1v) is 14.6. The number of aliphatic hydroxyl groups excluding tert-OH is 1. The van der Waals surface area contributed by atoms with Crippen LogP contribution in [0.1, 0.15) is 61.0 Å². The zero-order chi connectivity index (χ0) is 29.5. The normalized spacial score (nSPS) is 16.1. The van der Waals surface area contributed by atoms with Crippen LogP contribution in [0.2, 0.25) is 0 Å². The second-order valence-corrected chi connectivity index (χ2v) is 12.3. The number of aromatic nitrogens is 1. The number of fused-ring (bicyclic) bond motifs is 3. The third-order valence-electron chi connectivity index (χ3n) is 8.77. The number of β-amino-alcohol motifs (C(OH)–C–C–N with tert-alkyl or cyclic N) is 1. The summed E-state index contributed by atoms with van der Waals surface area (Å²) in [5.41, 5.74) is 5.33. The third-order valence-corrected chi connectivity index (χ3v) is 8.77. The minimum atomic E-state index is -0.942. The van der Waals surface area contributed by atoms with Gasteiger partial charge in [0.2, 0.25) is 5.91 Å². The third kappa shape index (κ3) is 5.87. The van der Waals surface area contributed by atoms with Gasteiger partial charge in [0.1, 0.15) is 18.5 Å². The van der Waals surface area contributed by atoms with Crippen LogP contribution >= 0.6 is 12.4 Å². The van der Waals surface area contributed by atoms with Gasteiger partial charge < -0.3 is 30.6 Å². The van der Waals surface area contributed by atoms with Crippen molar-refractivity contribution in [3.8, 4) is 16.9 Å². The number of anilines is 1. The van der Waals surface area contributed by atoms with Gasteiger partial charge in [-0.15, -0.1) is 12.4 Å². The Morgan fingerprint density at radius 3 is 2.51 bits per heavy atom. The molecule has 1 amide bonds. The van der Waals surface area contributed by atoms with Crippen LogP contribution in [0.3, 0.4) is 0 Å². The second kappa shape index (κ2) is 12.0. The van der Waals surface area contributed by atoms with E-state index in [1.165, 1.54) is 0 Å². The number of para-hydroxylation sites is 1. The van der Waals surface area contributed by atoms with Gasteiger partial charge in [-0.05, 0) is 68.5 Å². The van der Waals surface area contributed by atoms with Crippen LogP contribution in [0.5, 0.6) is 5.75 Å². The summed E-state index contributed by atoms with van der Waals surface area (Å²) in [6.45, 7) is 4.70. The molecule has 226 valence electrons. The van der Waals surface area contributed by atoms with Crippen LogP contribution < -0.4 is 15.4 Å². The predicted octanol–water partition coefficient (Wildman–Crippen LogP) is 6.07. The Morgan fingerprint density at radius 2 is 1.79 bits per heavy atom. The molecule has 9 heteroatoms. The number of amides is 1. The number of hydrogen-bond donors (Lipinski definition) is 5. The van der Waals surface area contributed by atoms with Crippen molar-refractivity contribution in [3.63, 3.8) is 0 Å². The molecule has 5 N–H and O–H groups in total. The fraction of sp³-hybridized carbons (Fsp3) is 0.353. The van der Waals surface area contributed by atoms with E-state index >= 15 is 0 Å². The number of ether oxygens (including phenoxy) is 1. The molecule has 0 unspecified atom stereocenters. The molecule has 6 rings (SSSR count). The van der Waals surface area contributed by atoms with E-state index in [1.54, 1.807) is 12.1 Å². The SMILES string of the molecule is CC(C)(Cc1c[nH]c2c(-c3ccc(C(=O)O)cc3)cccc12)NC[C@H](O)COc1cccc2c1C1(CCCC1)C(=O)N2.Cl. The molecule has 1 aliphatic carbocycles. The topological polar surface area (TPSA) is 124 Å². The lowest BCUT2D eigenvalue weighted by Gasteiger charge is -2.28. The molecule has 43 heavy (non-hydrogen) atoms. The summed E-state index contributed by atoms with van der Waals surface area (Å²) < 4.78 is 6.13. The van der Waals surface area contributed by atoms with Crippen LogP contribution in [0, 0.1) is 0 Å². The van der Waals surface area contributed by atoms with Gasteiger partial charge in [-0.1, -0.05) is 49.2 Å². The number of carboxylic acid groups (broad SMARTS) is 1. The number of aromatic carboxylic acids is 1. The number of rotatable bonds is 10. The lowest BCUT2D eigenvalue weighted by atomic mass is 9.79. The number of halogens is 1. The summed E-state index contributed by atoms with van der Waals surface area (Å²) in [5.74, 6) is -0.197. The second-order valence-electron chi connectivity index (χ2n) is 12.3. The first-order chi connectivity index (χ1) is 20.2. The van der Waals surface area contributed by atoms with Crippen LogP contribution in [0.15, 0.2) is 66.9 Å². The Balaban J connectivity index is 0.00000368. The van der Waals surface area contributed by atoms with Gasteiger partial charge in [0.05, 0.1) is 16.5 Å². The van der Waals surface area contributed by atoms with E-state index in [1.807, 2.05) is 48.7 Å². The van der Waals surface area contributed by atoms with Crippen molar-refractivity contribution >= 4 is 40.9 Å². The van der Waals surface area contributed by atoms with Crippen LogP contribution in [-0.4, -0.2) is 51.9 Å². The van der Waals surface area contributed by atoms with Crippen molar-refractivity contribution in [2.75, 3.05) is 18.5 Å². The lowest BCUT2D eigenvalue weighted by Crippen LogP contribution is -2.46. The monoisotopic (exact) mass is 603 g/mol. The zero-order valence-electron chi connectivity index (χ0n) is 24.4. The fourth-order valence-corrected chi connectivity index (χ4v) is 6.63. The number of carbonyl (C=O) groups excluding carboxylic acids is 1. The van der Waals surface area contributed by atoms with Gasteiger partial charge in [-0.3, -0.25) is 4.79 Å². The Morgan fingerprint density at radius 1 is 1.07 bits per heavy atom. The maximum atomic E-state index is 12.8. The minimum absolute atomic E-state index is 0. The van der Waals surface area contributed by atoms with Crippen molar-refractivity contribution in [1.82, 2.24) is 10.3 Å². The summed E-state index contributed by atoms with van der Waals surface area (Å²) in [6.07, 6.45) is 5.74. The van der Waals surface area contributed by atoms with Gasteiger partial charge in [0.15, 0.2) is 0 Å². The largest absolute Gasteiger partial charge is 0.490 e. The molecule has 2 aliphatic rings. The number of nitrogens with one attached hydrogen (secondary N) is 3. The predicted molar refractivity (Wildman–Crippen MR) is 170 cm³/mol. The molecule has 8 nitrogen and oxygen atoms in total. The highest BCUT2D eigenvalue weighted by atomic mass is 35.5. The number of aliphatic hydroxyl groups is 1. The molecule has 1 atom stereocenters. The molecule has 0 radical (unpaired) electrons. The molecule has 0 bridgehead atoms. The number of benzene rings is 3. The van der Waals surface area contributed by atoms with Crippen LogP contribution in [0.25, 0.3) is 22.0 Å². The van der Waals surface area contributed by atoms with Gasteiger partial charge >= 0.3 is 5.97 Å². The number of hydrogen-bond acceptors (Lipinski definition) is 5. The first kappa shape index (κ1) is 30.6. The number of H-pyrrole nitrogens is 1. The molecule has 1 fully saturated rings. The summed E-state index contributed by atoms with van der Waals surface area (Å²) >= 11 is 0. The van der Waals surface area contributed by atoms with Crippen molar-refractivity contribution in [3.05, 3.63) is 83.6 Å². The smallest absolute Gasteiger partial charge is 0.335 e. The minimum Gasteiger partial charge on any atom is -0.490 e. The van der Waals surface area contributed by atoms with Crippen molar-refractivity contribution < 1.29 is 24.5 Å². The quantitative estimate of drug-likeness (QED) is 0.150. The molecule has 1 saturated carbocycles. The van der Waals surface area contributed by atoms with Crippen LogP contribution in [-0.2, 0) is 16.6 Å². The fourth-order valence-electron chi connectivity index (χ4n) is 6.63. The van der Waals surface area contributed by atoms with E-state index in [4.69, 9.17) is 4.74 Å². The average Bonchev–Trinajstić information content (AvgIpc) is 3.70. The van der Waals surface area contributed by atoms with Crippen molar-refractivity contribution in [1.29, 1.82) is 0 Å². The van der Waals surface area contributed by atoms with E-state index in [0.29, 0.717) is 12.3 Å². The highest BCUT2D eigenvalue weighted by Crippen LogP contribution is 2.52. The molecule has 4 aromatic rings. The summed E-state index contributed by atoms with van der Waals surface area (Å²) in [5, 5.41) is 27.7. The molecular weight excluding hydrogens is 566 g/mol. The Hall–Kier alpha value is -3.85. The molecule has 2 heterocycles. The zero-order valence-corrected chi connectivity index (χ0v) is 25.2. The van der Waals surface area contributed by atoms with Gasteiger partial charge in [0, 0.05) is 40.5 Å². The van der Waals surface area contributed by atoms with E-state index < -0.39 is 17.5 Å². The highest BCUT2D eigenvalue weighted by Gasteiger charge is 2.50.